The molecule has 3 heterocycles. The van der Waals surface area contributed by atoms with Gasteiger partial charge in [0.05, 0.1) is 0 Å². The predicted octanol–water partition coefficient (Wildman–Crippen LogP) is 0.0867. The van der Waals surface area contributed by atoms with E-state index in [1.54, 1.807) is 8.61 Å². The average molecular weight is 316 g/mol. The van der Waals surface area contributed by atoms with Gasteiger partial charge in [-0.2, -0.15) is 17.0 Å². The maximum atomic E-state index is 12.7. The smallest absolute Gasteiger partial charge is 0.281 e. The molecule has 0 aliphatic carbocycles. The summed E-state index contributed by atoms with van der Waals surface area (Å²) in [5.41, 5.74) is 0. The molecule has 0 radical (unpaired) electrons. The highest BCUT2D eigenvalue weighted by Crippen LogP contribution is 2.23. The lowest BCUT2D eigenvalue weighted by Gasteiger charge is -2.41. The van der Waals surface area contributed by atoms with Gasteiger partial charge in [0.15, 0.2) is 0 Å². The quantitative estimate of drug-likeness (QED) is 0.802. The molecule has 0 amide bonds. The lowest BCUT2D eigenvalue weighted by atomic mass is 10.0. The minimum Gasteiger partial charge on any atom is -0.314 e. The second-order valence-corrected chi connectivity index (χ2v) is 8.31. The monoisotopic (exact) mass is 316 g/mol. The van der Waals surface area contributed by atoms with E-state index in [1.165, 1.54) is 0 Å². The van der Waals surface area contributed by atoms with E-state index in [0.29, 0.717) is 32.2 Å². The fourth-order valence-corrected chi connectivity index (χ4v) is 5.46. The van der Waals surface area contributed by atoms with Gasteiger partial charge < -0.3 is 5.32 Å². The summed E-state index contributed by atoms with van der Waals surface area (Å²) in [5, 5.41) is 3.38. The fraction of sp³-hybridized carbons (Fsp3) is 1.00. The molecule has 7 heteroatoms. The largest absolute Gasteiger partial charge is 0.314 e. The van der Waals surface area contributed by atoms with Crippen LogP contribution in [0.25, 0.3) is 0 Å². The number of rotatable bonds is 3. The molecular weight excluding hydrogens is 288 g/mol. The van der Waals surface area contributed by atoms with Crippen LogP contribution in [-0.4, -0.2) is 80.3 Å². The summed E-state index contributed by atoms with van der Waals surface area (Å²) in [6, 6.07) is 0.569. The number of hydrogen-bond donors (Lipinski definition) is 1. The molecule has 21 heavy (non-hydrogen) atoms. The van der Waals surface area contributed by atoms with Crippen LogP contribution < -0.4 is 5.32 Å². The van der Waals surface area contributed by atoms with Gasteiger partial charge in [0.2, 0.25) is 0 Å². The first kappa shape index (κ1) is 15.7. The molecule has 0 aromatic rings. The molecular formula is C14H28N4O2S. The van der Waals surface area contributed by atoms with E-state index in [1.807, 2.05) is 0 Å². The van der Waals surface area contributed by atoms with Crippen LogP contribution in [0.4, 0.5) is 0 Å². The molecule has 0 spiro atoms. The summed E-state index contributed by atoms with van der Waals surface area (Å²) in [5.74, 6) is 0. The molecule has 3 saturated heterocycles. The van der Waals surface area contributed by atoms with Crippen molar-refractivity contribution in [3.8, 4) is 0 Å². The van der Waals surface area contributed by atoms with Crippen molar-refractivity contribution < 1.29 is 8.42 Å². The van der Waals surface area contributed by atoms with E-state index in [-0.39, 0.29) is 0 Å². The molecule has 0 aromatic carbocycles. The van der Waals surface area contributed by atoms with Crippen molar-refractivity contribution in [1.29, 1.82) is 0 Å². The zero-order valence-electron chi connectivity index (χ0n) is 12.8. The van der Waals surface area contributed by atoms with Crippen LogP contribution in [0.2, 0.25) is 0 Å². The van der Waals surface area contributed by atoms with Crippen molar-refractivity contribution in [2.75, 3.05) is 52.4 Å². The molecule has 3 aliphatic rings. The SMILES string of the molecule is O=S(=O)(N1CCCCC1)N1CCC(N2CCNCC2)CC1. The van der Waals surface area contributed by atoms with Gasteiger partial charge in [-0.15, -0.1) is 0 Å². The van der Waals surface area contributed by atoms with E-state index in [9.17, 15) is 8.42 Å². The summed E-state index contributed by atoms with van der Waals surface area (Å²) >= 11 is 0. The molecule has 0 saturated carbocycles. The summed E-state index contributed by atoms with van der Waals surface area (Å²) in [6.07, 6.45) is 5.14. The Morgan fingerprint density at radius 2 is 1.33 bits per heavy atom. The van der Waals surface area contributed by atoms with Crippen LogP contribution in [0.1, 0.15) is 32.1 Å². The summed E-state index contributed by atoms with van der Waals surface area (Å²) in [6.45, 7) is 7.12. The van der Waals surface area contributed by atoms with E-state index < -0.39 is 10.2 Å². The third kappa shape index (κ3) is 3.59. The zero-order chi connectivity index (χ0) is 14.7. The molecule has 3 aliphatic heterocycles. The van der Waals surface area contributed by atoms with Crippen molar-refractivity contribution in [3.05, 3.63) is 0 Å². The highest BCUT2D eigenvalue weighted by molar-refractivity contribution is 7.86. The molecule has 1 N–H and O–H groups in total. The predicted molar refractivity (Wildman–Crippen MR) is 83.4 cm³/mol. The average Bonchev–Trinajstić information content (AvgIpc) is 2.57. The van der Waals surface area contributed by atoms with Crippen molar-refractivity contribution in [3.63, 3.8) is 0 Å². The third-order valence-corrected chi connectivity index (χ3v) is 7.09. The number of nitrogens with zero attached hydrogens (tertiary/aromatic N) is 3. The van der Waals surface area contributed by atoms with Crippen LogP contribution in [0.15, 0.2) is 0 Å². The summed E-state index contributed by atoms with van der Waals surface area (Å²) < 4.78 is 28.7. The maximum Gasteiger partial charge on any atom is 0.281 e. The van der Waals surface area contributed by atoms with Crippen LogP contribution >= 0.6 is 0 Å². The second kappa shape index (κ2) is 6.91. The first-order chi connectivity index (χ1) is 10.2. The molecule has 0 atom stereocenters. The zero-order valence-corrected chi connectivity index (χ0v) is 13.7. The normalized spacial score (nSPS) is 28.8. The van der Waals surface area contributed by atoms with Gasteiger partial charge in [-0.05, 0) is 25.7 Å². The van der Waals surface area contributed by atoms with E-state index in [0.717, 1.165) is 58.3 Å². The van der Waals surface area contributed by atoms with Gasteiger partial charge >= 0.3 is 0 Å². The van der Waals surface area contributed by atoms with Crippen LogP contribution in [-0.2, 0) is 10.2 Å². The Balaban J connectivity index is 1.54. The standard InChI is InChI=1S/C14H28N4O2S/c19-21(20,17-8-2-1-3-9-17)18-10-4-14(5-11-18)16-12-6-15-7-13-16/h14-15H,1-13H2. The molecule has 6 nitrogen and oxygen atoms in total. The van der Waals surface area contributed by atoms with Gasteiger partial charge in [-0.1, -0.05) is 6.42 Å². The Labute approximate surface area is 128 Å². The lowest BCUT2D eigenvalue weighted by molar-refractivity contribution is 0.122. The van der Waals surface area contributed by atoms with Gasteiger partial charge in [-0.25, -0.2) is 0 Å². The van der Waals surface area contributed by atoms with Crippen molar-refractivity contribution >= 4 is 10.2 Å². The highest BCUT2D eigenvalue weighted by Gasteiger charge is 2.34. The van der Waals surface area contributed by atoms with E-state index >= 15 is 0 Å². The number of piperidine rings is 2. The van der Waals surface area contributed by atoms with Gasteiger partial charge in [0.25, 0.3) is 10.2 Å². The topological polar surface area (TPSA) is 55.9 Å². The number of nitrogens with one attached hydrogen (secondary N) is 1. The molecule has 0 aromatic heterocycles. The number of piperazine rings is 1. The Hall–Kier alpha value is -0.210. The minimum atomic E-state index is -3.20. The lowest BCUT2D eigenvalue weighted by Crippen LogP contribution is -2.54. The first-order valence-electron chi connectivity index (χ1n) is 8.38. The van der Waals surface area contributed by atoms with Crippen LogP contribution in [0.5, 0.6) is 0 Å². The Bertz CT molecular complexity index is 422. The number of hydrogen-bond acceptors (Lipinski definition) is 4. The van der Waals surface area contributed by atoms with Gasteiger partial charge in [-0.3, -0.25) is 4.90 Å². The Morgan fingerprint density at radius 3 is 1.95 bits per heavy atom. The second-order valence-electron chi connectivity index (χ2n) is 6.38. The van der Waals surface area contributed by atoms with Gasteiger partial charge in [0.1, 0.15) is 0 Å². The van der Waals surface area contributed by atoms with E-state index in [4.69, 9.17) is 0 Å². The minimum absolute atomic E-state index is 0.569. The third-order valence-electron chi connectivity index (χ3n) is 5.06. The summed E-state index contributed by atoms with van der Waals surface area (Å²) in [7, 11) is -3.20. The van der Waals surface area contributed by atoms with Gasteiger partial charge in [0, 0.05) is 58.4 Å². The molecule has 3 fully saturated rings. The fourth-order valence-electron chi connectivity index (χ4n) is 3.74. The first-order valence-corrected chi connectivity index (χ1v) is 9.77. The molecule has 0 unspecified atom stereocenters. The Kier molecular flexibility index (Phi) is 5.16. The van der Waals surface area contributed by atoms with Crippen LogP contribution in [0, 0.1) is 0 Å². The highest BCUT2D eigenvalue weighted by atomic mass is 32.2. The molecule has 3 rings (SSSR count). The summed E-state index contributed by atoms with van der Waals surface area (Å²) in [4.78, 5) is 2.53. The Morgan fingerprint density at radius 1 is 0.762 bits per heavy atom. The maximum absolute atomic E-state index is 12.7. The van der Waals surface area contributed by atoms with Crippen LogP contribution in [0.3, 0.4) is 0 Å². The van der Waals surface area contributed by atoms with E-state index in [2.05, 4.69) is 10.2 Å². The molecule has 122 valence electrons. The van der Waals surface area contributed by atoms with Crippen molar-refractivity contribution in [2.24, 2.45) is 0 Å². The van der Waals surface area contributed by atoms with Crippen molar-refractivity contribution in [2.45, 2.75) is 38.1 Å². The van der Waals surface area contributed by atoms with Crippen molar-refractivity contribution in [1.82, 2.24) is 18.8 Å². The molecule has 0 bridgehead atoms.